The van der Waals surface area contributed by atoms with Gasteiger partial charge in [-0.05, 0) is 65.2 Å². The summed E-state index contributed by atoms with van der Waals surface area (Å²) in [6.07, 6.45) is 1.69. The second kappa shape index (κ2) is 13.0. The van der Waals surface area contributed by atoms with Crippen LogP contribution in [0.25, 0.3) is 74.9 Å². The van der Waals surface area contributed by atoms with Crippen LogP contribution >= 0.6 is 11.3 Å². The minimum Gasteiger partial charge on any atom is -0.398 e. The Morgan fingerprint density at radius 1 is 0.519 bits per heavy atom. The van der Waals surface area contributed by atoms with Gasteiger partial charge in [0.25, 0.3) is 0 Å². The zero-order valence-electron chi connectivity index (χ0n) is 28.7. The third kappa shape index (κ3) is 5.33. The van der Waals surface area contributed by atoms with Crippen LogP contribution < -0.4 is 5.73 Å². The standard InChI is InChI=1S/C33H21NS.C15H14N2/c1-20-14-16-21(17-15-20)34-27-12-6-4-10-25(27)30-28(34)19-18-23-22-8-2-3-9-24(22)33-32(31(23)30)26-11-5-7-13-29(26)35-33;16-14(12-7-3-1-4-8-12)11-15(17)13-9-5-2-6-10-13/h2-19H,1H3;1-11,16H,17H2/b;15-11-,16-14?. The number of rotatable bonds is 4. The van der Waals surface area contributed by atoms with E-state index >= 15 is 0 Å². The molecule has 3 nitrogen and oxygen atoms in total. The van der Waals surface area contributed by atoms with Gasteiger partial charge in [-0.3, -0.25) is 0 Å². The summed E-state index contributed by atoms with van der Waals surface area (Å²) in [5.41, 5.74) is 13.8. The maximum absolute atomic E-state index is 7.95. The maximum atomic E-state index is 7.95. The fraction of sp³-hybridized carbons (Fsp3) is 0.0208. The molecule has 8 aromatic carbocycles. The van der Waals surface area contributed by atoms with E-state index in [1.807, 2.05) is 72.0 Å². The molecule has 0 aliphatic rings. The van der Waals surface area contributed by atoms with E-state index in [2.05, 4.69) is 121 Å². The molecular formula is C48H35N3S. The average molecular weight is 686 g/mol. The maximum Gasteiger partial charge on any atom is 0.0632 e. The van der Waals surface area contributed by atoms with Crippen LogP contribution in [-0.4, -0.2) is 10.3 Å². The highest BCUT2D eigenvalue weighted by atomic mass is 32.1. The van der Waals surface area contributed by atoms with Gasteiger partial charge in [0, 0.05) is 53.1 Å². The van der Waals surface area contributed by atoms with E-state index in [4.69, 9.17) is 11.1 Å². The van der Waals surface area contributed by atoms with Crippen LogP contribution in [0.3, 0.4) is 0 Å². The summed E-state index contributed by atoms with van der Waals surface area (Å²) in [6.45, 7) is 2.15. The molecule has 0 atom stereocenters. The number of nitrogens with one attached hydrogen (secondary N) is 1. The molecular weight excluding hydrogens is 651 g/mol. The van der Waals surface area contributed by atoms with Gasteiger partial charge in [-0.2, -0.15) is 0 Å². The van der Waals surface area contributed by atoms with Gasteiger partial charge in [0.2, 0.25) is 0 Å². The van der Waals surface area contributed by atoms with Gasteiger partial charge in [-0.1, -0.05) is 145 Å². The Kier molecular flexibility index (Phi) is 7.87. The fourth-order valence-corrected chi connectivity index (χ4v) is 8.73. The number of allylic oxidation sites excluding steroid dienone is 1. The van der Waals surface area contributed by atoms with Crippen LogP contribution in [0.5, 0.6) is 0 Å². The van der Waals surface area contributed by atoms with Crippen molar-refractivity contribution < 1.29 is 0 Å². The molecule has 0 unspecified atom stereocenters. The smallest absolute Gasteiger partial charge is 0.0632 e. The Balaban J connectivity index is 0.000000179. The third-order valence-corrected chi connectivity index (χ3v) is 11.1. The second-order valence-electron chi connectivity index (χ2n) is 13.2. The summed E-state index contributed by atoms with van der Waals surface area (Å²) >= 11 is 1.92. The average Bonchev–Trinajstić information content (AvgIpc) is 3.76. The summed E-state index contributed by atoms with van der Waals surface area (Å²) < 4.78 is 5.16. The Labute approximate surface area is 306 Å². The molecule has 0 saturated heterocycles. The molecule has 3 N–H and O–H groups in total. The molecule has 0 aliphatic heterocycles. The largest absolute Gasteiger partial charge is 0.398 e. The highest BCUT2D eigenvalue weighted by molar-refractivity contribution is 7.27. The van der Waals surface area contributed by atoms with Crippen molar-refractivity contribution in [3.8, 4) is 5.69 Å². The van der Waals surface area contributed by atoms with Crippen molar-refractivity contribution in [2.75, 3.05) is 0 Å². The lowest BCUT2D eigenvalue weighted by Gasteiger charge is -2.11. The van der Waals surface area contributed by atoms with Crippen LogP contribution in [0, 0.1) is 12.3 Å². The molecule has 0 bridgehead atoms. The number of aromatic nitrogens is 1. The molecule has 248 valence electrons. The zero-order chi connectivity index (χ0) is 35.2. The molecule has 0 spiro atoms. The Morgan fingerprint density at radius 2 is 1.12 bits per heavy atom. The highest BCUT2D eigenvalue weighted by Gasteiger charge is 2.20. The molecule has 0 radical (unpaired) electrons. The van der Waals surface area contributed by atoms with Crippen LogP contribution in [0.4, 0.5) is 0 Å². The van der Waals surface area contributed by atoms with Crippen LogP contribution in [0.15, 0.2) is 176 Å². The minimum atomic E-state index is 0.423. The van der Waals surface area contributed by atoms with E-state index in [9.17, 15) is 0 Å². The SMILES string of the molecule is Cc1ccc(-n2c3ccccc3c3c4c(ccc32)c2ccccc2c2sc3ccccc3c24)cc1.N=C(/C=C(\N)c1ccccc1)c1ccccc1. The first-order valence-electron chi connectivity index (χ1n) is 17.5. The number of nitrogens with zero attached hydrogens (tertiary/aromatic N) is 1. The molecule has 0 fully saturated rings. The van der Waals surface area contributed by atoms with Crippen molar-refractivity contribution in [1.82, 2.24) is 4.57 Å². The summed E-state index contributed by atoms with van der Waals surface area (Å²) in [6, 6.07) is 59.4. The number of fused-ring (bicyclic) bond motifs is 12. The van der Waals surface area contributed by atoms with Gasteiger partial charge in [0.1, 0.15) is 0 Å². The number of nitrogens with two attached hydrogens (primary N) is 1. The first-order valence-corrected chi connectivity index (χ1v) is 18.3. The lowest BCUT2D eigenvalue weighted by Crippen LogP contribution is -2.02. The van der Waals surface area contributed by atoms with Crippen molar-refractivity contribution in [3.05, 3.63) is 193 Å². The number of hydrogen-bond donors (Lipinski definition) is 2. The van der Waals surface area contributed by atoms with Crippen molar-refractivity contribution in [1.29, 1.82) is 5.41 Å². The third-order valence-electron chi connectivity index (χ3n) is 9.93. The van der Waals surface area contributed by atoms with Gasteiger partial charge >= 0.3 is 0 Å². The molecule has 0 amide bonds. The predicted octanol–water partition coefficient (Wildman–Crippen LogP) is 12.8. The predicted molar refractivity (Wildman–Crippen MR) is 225 cm³/mol. The number of thiophene rings is 1. The van der Waals surface area contributed by atoms with Gasteiger partial charge < -0.3 is 15.7 Å². The quantitative estimate of drug-likeness (QED) is 0.141. The minimum absolute atomic E-state index is 0.423. The topological polar surface area (TPSA) is 54.8 Å². The van der Waals surface area contributed by atoms with Gasteiger partial charge in [-0.15, -0.1) is 11.3 Å². The van der Waals surface area contributed by atoms with Crippen LogP contribution in [-0.2, 0) is 0 Å². The lowest BCUT2D eigenvalue weighted by molar-refractivity contribution is 1.18. The summed E-state index contributed by atoms with van der Waals surface area (Å²) in [5.74, 6) is 0. The van der Waals surface area contributed by atoms with Crippen molar-refractivity contribution in [2.45, 2.75) is 6.92 Å². The zero-order valence-corrected chi connectivity index (χ0v) is 29.5. The fourth-order valence-electron chi connectivity index (χ4n) is 7.49. The monoisotopic (exact) mass is 685 g/mol. The Hall–Kier alpha value is -6.49. The molecule has 52 heavy (non-hydrogen) atoms. The number of hydrogen-bond acceptors (Lipinski definition) is 3. The first kappa shape index (κ1) is 31.5. The second-order valence-corrected chi connectivity index (χ2v) is 14.2. The summed E-state index contributed by atoms with van der Waals surface area (Å²) in [5, 5.41) is 18.7. The first-order chi connectivity index (χ1) is 25.6. The van der Waals surface area contributed by atoms with Crippen molar-refractivity contribution >= 4 is 86.3 Å². The molecule has 0 saturated carbocycles. The van der Waals surface area contributed by atoms with Gasteiger partial charge in [-0.25, -0.2) is 0 Å². The highest BCUT2D eigenvalue weighted by Crippen LogP contribution is 2.48. The summed E-state index contributed by atoms with van der Waals surface area (Å²) in [4.78, 5) is 0. The van der Waals surface area contributed by atoms with Crippen LogP contribution in [0.2, 0.25) is 0 Å². The molecule has 0 aliphatic carbocycles. The van der Waals surface area contributed by atoms with Crippen molar-refractivity contribution in [3.63, 3.8) is 0 Å². The number of benzene rings is 8. The van der Waals surface area contributed by atoms with Gasteiger partial charge in [0.05, 0.1) is 16.7 Å². The molecule has 10 aromatic rings. The Morgan fingerprint density at radius 3 is 1.85 bits per heavy atom. The van der Waals surface area contributed by atoms with E-state index in [1.54, 1.807) is 6.08 Å². The van der Waals surface area contributed by atoms with Crippen molar-refractivity contribution in [2.24, 2.45) is 5.73 Å². The number of aryl methyl sites for hydroxylation is 1. The normalized spacial score (nSPS) is 11.8. The molecule has 2 aromatic heterocycles. The summed E-state index contributed by atoms with van der Waals surface area (Å²) in [7, 11) is 0. The number of para-hydroxylation sites is 1. The van der Waals surface area contributed by atoms with E-state index in [0.717, 1.165) is 11.1 Å². The van der Waals surface area contributed by atoms with E-state index in [-0.39, 0.29) is 0 Å². The molecule has 2 heterocycles. The van der Waals surface area contributed by atoms with Crippen LogP contribution in [0.1, 0.15) is 16.7 Å². The lowest BCUT2D eigenvalue weighted by atomic mass is 9.94. The van der Waals surface area contributed by atoms with Gasteiger partial charge in [0.15, 0.2) is 0 Å². The Bertz CT molecular complexity index is 2970. The molecule has 10 rings (SSSR count). The van der Waals surface area contributed by atoms with E-state index in [0.29, 0.717) is 11.4 Å². The molecule has 4 heteroatoms. The van der Waals surface area contributed by atoms with E-state index in [1.165, 1.54) is 74.8 Å². The van der Waals surface area contributed by atoms with E-state index < -0.39 is 0 Å².